The summed E-state index contributed by atoms with van der Waals surface area (Å²) in [5.74, 6) is 0.929. The van der Waals surface area contributed by atoms with Crippen LogP contribution in [-0.2, 0) is 0 Å². The molecule has 0 saturated heterocycles. The van der Waals surface area contributed by atoms with Gasteiger partial charge in [-0.3, -0.25) is 9.36 Å². The van der Waals surface area contributed by atoms with E-state index < -0.39 is 6.04 Å². The Kier molecular flexibility index (Phi) is 7.89. The third-order valence-electron chi connectivity index (χ3n) is 6.32. The van der Waals surface area contributed by atoms with Crippen LogP contribution in [0.5, 0.6) is 0 Å². The summed E-state index contributed by atoms with van der Waals surface area (Å²) in [4.78, 5) is 34.1. The van der Waals surface area contributed by atoms with E-state index in [2.05, 4.69) is 35.1 Å². The summed E-state index contributed by atoms with van der Waals surface area (Å²) in [7, 11) is 0. The highest BCUT2D eigenvalue weighted by atomic mass is 79.9. The standard InChI is InChI=1S/C29H31BrN4O2/c1-19(2)17-18-33(29(36)32-25-15-9-7-13-23(25)30)21(4)27-31-24-14-8-6-12-22(24)28(35)34(27)26-16-10-5-11-20(26)3/h5-16,19,21H,17-18H2,1-4H3,(H,32,36). The predicted octanol–water partition coefficient (Wildman–Crippen LogP) is 7.10. The van der Waals surface area contributed by atoms with Crippen molar-refractivity contribution in [1.82, 2.24) is 14.5 Å². The average Bonchev–Trinajstić information content (AvgIpc) is 2.86. The van der Waals surface area contributed by atoms with Crippen molar-refractivity contribution < 1.29 is 4.79 Å². The molecule has 1 N–H and O–H groups in total. The second kappa shape index (κ2) is 11.1. The molecule has 4 aromatic rings. The number of hydrogen-bond donors (Lipinski definition) is 1. The van der Waals surface area contributed by atoms with Crippen molar-refractivity contribution in [2.75, 3.05) is 11.9 Å². The highest BCUT2D eigenvalue weighted by Gasteiger charge is 2.27. The van der Waals surface area contributed by atoms with E-state index in [9.17, 15) is 9.59 Å². The normalized spacial score (nSPS) is 12.1. The van der Waals surface area contributed by atoms with Crippen molar-refractivity contribution in [3.8, 4) is 5.69 Å². The highest BCUT2D eigenvalue weighted by Crippen LogP contribution is 2.27. The van der Waals surface area contributed by atoms with Gasteiger partial charge < -0.3 is 10.2 Å². The van der Waals surface area contributed by atoms with E-state index in [1.54, 1.807) is 15.5 Å². The van der Waals surface area contributed by atoms with Crippen molar-refractivity contribution in [3.63, 3.8) is 0 Å². The second-order valence-corrected chi connectivity index (χ2v) is 10.2. The number of nitrogens with one attached hydrogen (secondary N) is 1. The Morgan fingerprint density at radius 2 is 1.67 bits per heavy atom. The smallest absolute Gasteiger partial charge is 0.315 e. The number of benzene rings is 3. The third kappa shape index (κ3) is 5.36. The van der Waals surface area contributed by atoms with Crippen LogP contribution in [0.4, 0.5) is 10.5 Å². The minimum absolute atomic E-state index is 0.147. The van der Waals surface area contributed by atoms with E-state index in [-0.39, 0.29) is 11.6 Å². The molecule has 36 heavy (non-hydrogen) atoms. The maximum Gasteiger partial charge on any atom is 0.322 e. The van der Waals surface area contributed by atoms with Gasteiger partial charge in [-0.2, -0.15) is 0 Å². The summed E-state index contributed by atoms with van der Waals surface area (Å²) < 4.78 is 2.46. The van der Waals surface area contributed by atoms with E-state index in [1.165, 1.54) is 0 Å². The number of carbonyl (C=O) groups excluding carboxylic acids is 1. The molecule has 0 aliphatic rings. The van der Waals surface area contributed by atoms with Crippen LogP contribution >= 0.6 is 15.9 Å². The van der Waals surface area contributed by atoms with Crippen LogP contribution in [0, 0.1) is 12.8 Å². The fourth-order valence-electron chi connectivity index (χ4n) is 4.23. The molecule has 0 bridgehead atoms. The molecule has 3 aromatic carbocycles. The average molecular weight is 547 g/mol. The van der Waals surface area contributed by atoms with Crippen LogP contribution in [0.25, 0.3) is 16.6 Å². The molecule has 0 aliphatic carbocycles. The Bertz CT molecular complexity index is 1450. The molecule has 0 radical (unpaired) electrons. The minimum Gasteiger partial charge on any atom is -0.315 e. The SMILES string of the molecule is Cc1ccccc1-n1c(C(C)N(CCC(C)C)C(=O)Nc2ccccc2Br)nc2ccccc2c1=O. The van der Waals surface area contributed by atoms with Gasteiger partial charge in [-0.15, -0.1) is 0 Å². The number of rotatable bonds is 7. The van der Waals surface area contributed by atoms with E-state index >= 15 is 0 Å². The zero-order chi connectivity index (χ0) is 25.8. The van der Waals surface area contributed by atoms with Gasteiger partial charge in [0.25, 0.3) is 5.56 Å². The first kappa shape index (κ1) is 25.6. The third-order valence-corrected chi connectivity index (χ3v) is 7.01. The fourth-order valence-corrected chi connectivity index (χ4v) is 4.62. The Labute approximate surface area is 220 Å². The summed E-state index contributed by atoms with van der Waals surface area (Å²) >= 11 is 3.51. The van der Waals surface area contributed by atoms with Crippen molar-refractivity contribution in [3.05, 3.63) is 99.0 Å². The molecule has 0 saturated carbocycles. The quantitative estimate of drug-likeness (QED) is 0.269. The molecule has 0 spiro atoms. The first-order valence-electron chi connectivity index (χ1n) is 12.2. The van der Waals surface area contributed by atoms with E-state index in [0.717, 1.165) is 22.1 Å². The molecule has 0 aliphatic heterocycles. The van der Waals surface area contributed by atoms with Gasteiger partial charge in [0.05, 0.1) is 28.3 Å². The first-order chi connectivity index (χ1) is 17.3. The van der Waals surface area contributed by atoms with E-state index in [0.29, 0.717) is 34.9 Å². The van der Waals surface area contributed by atoms with Crippen LogP contribution in [0.15, 0.2) is 82.1 Å². The minimum atomic E-state index is -0.469. The Morgan fingerprint density at radius 1 is 1.00 bits per heavy atom. The van der Waals surface area contributed by atoms with Gasteiger partial charge in [0.2, 0.25) is 0 Å². The summed E-state index contributed by atoms with van der Waals surface area (Å²) in [6.07, 6.45) is 0.815. The topological polar surface area (TPSA) is 67.2 Å². The molecular weight excluding hydrogens is 516 g/mol. The lowest BCUT2D eigenvalue weighted by Crippen LogP contribution is -2.41. The number of urea groups is 1. The maximum atomic E-state index is 13.8. The summed E-state index contributed by atoms with van der Waals surface area (Å²) in [6, 6.07) is 21.9. The molecule has 2 amide bonds. The molecule has 1 unspecified atom stereocenters. The molecular formula is C29H31BrN4O2. The van der Waals surface area contributed by atoms with Crippen LogP contribution in [0.1, 0.15) is 44.6 Å². The van der Waals surface area contributed by atoms with Gasteiger partial charge in [-0.25, -0.2) is 9.78 Å². The number of halogens is 1. The molecule has 4 rings (SSSR count). The molecule has 1 atom stereocenters. The second-order valence-electron chi connectivity index (χ2n) is 9.38. The molecule has 0 fully saturated rings. The summed E-state index contributed by atoms with van der Waals surface area (Å²) in [6.45, 7) is 8.69. The molecule has 6 nitrogen and oxygen atoms in total. The number of aryl methyl sites for hydroxylation is 1. The van der Waals surface area contributed by atoms with Crippen molar-refractivity contribution in [2.45, 2.75) is 40.2 Å². The van der Waals surface area contributed by atoms with Gasteiger partial charge in [0, 0.05) is 11.0 Å². The number of nitrogens with zero attached hydrogens (tertiary/aromatic N) is 3. The van der Waals surface area contributed by atoms with Gasteiger partial charge in [0.1, 0.15) is 5.82 Å². The number of anilines is 1. The number of para-hydroxylation sites is 3. The molecule has 1 heterocycles. The van der Waals surface area contributed by atoms with Gasteiger partial charge in [-0.05, 0) is 78.0 Å². The van der Waals surface area contributed by atoms with Gasteiger partial charge in [-0.1, -0.05) is 56.3 Å². The fraction of sp³-hybridized carbons (Fsp3) is 0.276. The highest BCUT2D eigenvalue weighted by molar-refractivity contribution is 9.10. The predicted molar refractivity (Wildman–Crippen MR) is 150 cm³/mol. The Morgan fingerprint density at radius 3 is 2.39 bits per heavy atom. The van der Waals surface area contributed by atoms with Gasteiger partial charge in [0.15, 0.2) is 0 Å². The lowest BCUT2D eigenvalue weighted by atomic mass is 10.1. The zero-order valence-electron chi connectivity index (χ0n) is 21.0. The van der Waals surface area contributed by atoms with Crippen molar-refractivity contribution in [2.24, 2.45) is 5.92 Å². The van der Waals surface area contributed by atoms with Crippen LogP contribution in [0.3, 0.4) is 0 Å². The van der Waals surface area contributed by atoms with Gasteiger partial charge >= 0.3 is 6.03 Å². The Balaban J connectivity index is 1.85. The number of hydrogen-bond acceptors (Lipinski definition) is 3. The number of fused-ring (bicyclic) bond motifs is 1. The summed E-state index contributed by atoms with van der Waals surface area (Å²) in [5.41, 5.74) is 2.87. The lowest BCUT2D eigenvalue weighted by Gasteiger charge is -2.31. The number of carbonyl (C=O) groups is 1. The largest absolute Gasteiger partial charge is 0.322 e. The molecule has 1 aromatic heterocycles. The number of amides is 2. The van der Waals surface area contributed by atoms with Crippen LogP contribution in [0.2, 0.25) is 0 Å². The summed E-state index contributed by atoms with van der Waals surface area (Å²) in [5, 5.41) is 3.58. The molecule has 7 heteroatoms. The van der Waals surface area contributed by atoms with Crippen LogP contribution in [-0.4, -0.2) is 27.0 Å². The zero-order valence-corrected chi connectivity index (χ0v) is 22.6. The van der Waals surface area contributed by atoms with Crippen molar-refractivity contribution >= 4 is 38.6 Å². The monoisotopic (exact) mass is 546 g/mol. The maximum absolute atomic E-state index is 13.8. The van der Waals surface area contributed by atoms with Crippen LogP contribution < -0.4 is 10.9 Å². The lowest BCUT2D eigenvalue weighted by molar-refractivity contribution is 0.185. The van der Waals surface area contributed by atoms with Crippen molar-refractivity contribution in [1.29, 1.82) is 0 Å². The first-order valence-corrected chi connectivity index (χ1v) is 13.0. The van der Waals surface area contributed by atoms with E-state index in [4.69, 9.17) is 4.98 Å². The number of aromatic nitrogens is 2. The molecule has 186 valence electrons. The van der Waals surface area contributed by atoms with E-state index in [1.807, 2.05) is 80.6 Å². The Hall–Kier alpha value is -3.45.